The first-order valence-electron chi connectivity index (χ1n) is 4.56. The molecule has 0 unspecified atom stereocenters. The van der Waals surface area contributed by atoms with Crippen LogP contribution in [0.1, 0.15) is 22.8 Å². The Kier molecular flexibility index (Phi) is 2.64. The van der Waals surface area contributed by atoms with E-state index in [9.17, 15) is 15.0 Å². The highest BCUT2D eigenvalue weighted by Crippen LogP contribution is 2.46. The lowest BCUT2D eigenvalue weighted by Gasteiger charge is -2.24. The van der Waals surface area contributed by atoms with Crippen LogP contribution in [0.15, 0.2) is 0 Å². The van der Waals surface area contributed by atoms with E-state index in [1.807, 2.05) is 0 Å². The molecule has 1 aliphatic rings. The number of ether oxygens (including phenoxy) is 1. The Hall–Kier alpha value is -1.13. The number of esters is 1. The number of benzene rings is 1. The van der Waals surface area contributed by atoms with Crippen LogP contribution in [0.5, 0.6) is 11.5 Å². The minimum absolute atomic E-state index is 0.0127. The maximum atomic E-state index is 11.6. The highest BCUT2D eigenvalue weighted by molar-refractivity contribution is 6.39. The lowest BCUT2D eigenvalue weighted by Crippen LogP contribution is -2.25. The van der Waals surface area contributed by atoms with Gasteiger partial charge in [-0.2, -0.15) is 0 Å². The molecular weight excluding hydrogens is 255 g/mol. The first-order valence-corrected chi connectivity index (χ1v) is 5.31. The van der Waals surface area contributed by atoms with Crippen molar-refractivity contribution in [1.29, 1.82) is 0 Å². The van der Waals surface area contributed by atoms with Gasteiger partial charge in [-0.1, -0.05) is 23.2 Å². The highest BCUT2D eigenvalue weighted by atomic mass is 35.5. The summed E-state index contributed by atoms with van der Waals surface area (Å²) >= 11 is 11.5. The number of cyclic esters (lactones) is 1. The fraction of sp³-hybridized carbons (Fsp3) is 0.300. The molecule has 0 aromatic heterocycles. The Morgan fingerprint density at radius 1 is 1.25 bits per heavy atom. The summed E-state index contributed by atoms with van der Waals surface area (Å²) in [6.07, 6.45) is -0.0180. The third-order valence-corrected chi connectivity index (χ3v) is 3.20. The van der Waals surface area contributed by atoms with Crippen LogP contribution in [-0.2, 0) is 11.2 Å². The molecule has 2 N–H and O–H groups in total. The molecule has 1 aromatic rings. The lowest BCUT2D eigenvalue weighted by molar-refractivity contribution is 0.0297. The molecule has 16 heavy (non-hydrogen) atoms. The van der Waals surface area contributed by atoms with Gasteiger partial charge >= 0.3 is 5.97 Å². The molecule has 0 bridgehead atoms. The zero-order chi connectivity index (χ0) is 12.0. The lowest BCUT2D eigenvalue weighted by atomic mass is 9.97. The number of halogens is 2. The van der Waals surface area contributed by atoms with Gasteiger partial charge in [0.05, 0.1) is 5.02 Å². The first-order chi connectivity index (χ1) is 7.43. The summed E-state index contributed by atoms with van der Waals surface area (Å²) in [6.45, 7) is 1.69. The largest absolute Gasteiger partial charge is 0.505 e. The summed E-state index contributed by atoms with van der Waals surface area (Å²) in [5.41, 5.74) is 0.302. The normalized spacial score (nSPS) is 19.2. The van der Waals surface area contributed by atoms with Crippen LogP contribution in [-0.4, -0.2) is 22.3 Å². The molecule has 1 atom stereocenters. The van der Waals surface area contributed by atoms with E-state index in [4.69, 9.17) is 27.9 Å². The van der Waals surface area contributed by atoms with E-state index < -0.39 is 17.5 Å². The van der Waals surface area contributed by atoms with E-state index in [0.717, 1.165) is 0 Å². The number of aromatic hydroxyl groups is 2. The van der Waals surface area contributed by atoms with Crippen molar-refractivity contribution in [3.63, 3.8) is 0 Å². The molecule has 1 heterocycles. The summed E-state index contributed by atoms with van der Waals surface area (Å²) < 4.78 is 4.95. The summed E-state index contributed by atoms with van der Waals surface area (Å²) in [7, 11) is 0. The average molecular weight is 263 g/mol. The maximum Gasteiger partial charge on any atom is 0.342 e. The molecule has 86 valence electrons. The fourth-order valence-electron chi connectivity index (χ4n) is 1.70. The van der Waals surface area contributed by atoms with Crippen molar-refractivity contribution < 1.29 is 19.7 Å². The second kappa shape index (κ2) is 3.71. The predicted octanol–water partition coefficient (Wildman–Crippen LogP) is 2.51. The topological polar surface area (TPSA) is 66.8 Å². The third-order valence-electron chi connectivity index (χ3n) is 2.43. The Bertz CT molecular complexity index is 484. The third kappa shape index (κ3) is 1.49. The van der Waals surface area contributed by atoms with Crippen LogP contribution in [0.2, 0.25) is 10.0 Å². The van der Waals surface area contributed by atoms with Crippen molar-refractivity contribution >= 4 is 29.2 Å². The Morgan fingerprint density at radius 2 is 1.88 bits per heavy atom. The van der Waals surface area contributed by atoms with Gasteiger partial charge < -0.3 is 14.9 Å². The van der Waals surface area contributed by atoms with Gasteiger partial charge in [-0.3, -0.25) is 0 Å². The molecule has 4 nitrogen and oxygen atoms in total. The number of carbonyl (C=O) groups excluding carboxylic acids is 1. The van der Waals surface area contributed by atoms with Crippen molar-refractivity contribution in [3.05, 3.63) is 21.2 Å². The van der Waals surface area contributed by atoms with E-state index in [2.05, 4.69) is 0 Å². The van der Waals surface area contributed by atoms with Gasteiger partial charge in [-0.05, 0) is 12.5 Å². The molecule has 0 aliphatic carbocycles. The van der Waals surface area contributed by atoms with Gasteiger partial charge in [0, 0.05) is 6.42 Å². The number of phenolic OH excluding ortho intramolecular Hbond substituents is 2. The summed E-state index contributed by atoms with van der Waals surface area (Å²) in [5.74, 6) is -1.59. The smallest absolute Gasteiger partial charge is 0.342 e. The molecule has 0 amide bonds. The van der Waals surface area contributed by atoms with E-state index in [-0.39, 0.29) is 21.7 Å². The number of rotatable bonds is 0. The standard InChI is InChI=1S/C10H8Cl2O4/c1-3-2-4-5(10(15)16-3)8(13)7(12)9(14)6(4)11/h3,13-14H,2H2,1H3/t3-/m0/s1. The molecule has 6 heteroatoms. The monoisotopic (exact) mass is 262 g/mol. The predicted molar refractivity (Wildman–Crippen MR) is 58.4 cm³/mol. The number of hydrogen-bond acceptors (Lipinski definition) is 4. The molecule has 0 spiro atoms. The summed E-state index contributed by atoms with van der Waals surface area (Å²) in [6, 6.07) is 0. The quantitative estimate of drug-likeness (QED) is 0.706. The number of phenols is 2. The molecule has 1 aliphatic heterocycles. The molecule has 0 radical (unpaired) electrons. The Balaban J connectivity index is 2.76. The molecule has 2 rings (SSSR count). The Morgan fingerprint density at radius 3 is 2.50 bits per heavy atom. The van der Waals surface area contributed by atoms with Crippen molar-refractivity contribution in [2.45, 2.75) is 19.4 Å². The molecule has 0 fully saturated rings. The van der Waals surface area contributed by atoms with Gasteiger partial charge in [-0.25, -0.2) is 4.79 Å². The van der Waals surface area contributed by atoms with Gasteiger partial charge in [0.15, 0.2) is 11.5 Å². The SMILES string of the molecule is C[C@H]1Cc2c(Cl)c(O)c(Cl)c(O)c2C(=O)O1. The van der Waals surface area contributed by atoms with Crippen molar-refractivity contribution in [3.8, 4) is 11.5 Å². The van der Waals surface area contributed by atoms with E-state index in [0.29, 0.717) is 12.0 Å². The van der Waals surface area contributed by atoms with Gasteiger partial charge in [0.2, 0.25) is 0 Å². The van der Waals surface area contributed by atoms with E-state index in [1.165, 1.54) is 0 Å². The van der Waals surface area contributed by atoms with Crippen LogP contribution in [0, 0.1) is 0 Å². The maximum absolute atomic E-state index is 11.6. The Labute approximate surface area is 101 Å². The fourth-order valence-corrected chi connectivity index (χ4v) is 2.20. The number of fused-ring (bicyclic) bond motifs is 1. The minimum atomic E-state index is -0.685. The second-order valence-electron chi connectivity index (χ2n) is 3.60. The van der Waals surface area contributed by atoms with Gasteiger partial charge in [0.25, 0.3) is 0 Å². The second-order valence-corrected chi connectivity index (χ2v) is 4.35. The van der Waals surface area contributed by atoms with Crippen LogP contribution in [0.25, 0.3) is 0 Å². The van der Waals surface area contributed by atoms with Crippen LogP contribution >= 0.6 is 23.2 Å². The summed E-state index contributed by atoms with van der Waals surface area (Å²) in [4.78, 5) is 11.6. The van der Waals surface area contributed by atoms with Crippen LogP contribution < -0.4 is 0 Å². The van der Waals surface area contributed by atoms with Crippen molar-refractivity contribution in [2.24, 2.45) is 0 Å². The molecular formula is C10H8Cl2O4. The number of hydrogen-bond donors (Lipinski definition) is 2. The van der Waals surface area contributed by atoms with E-state index in [1.54, 1.807) is 6.92 Å². The van der Waals surface area contributed by atoms with Crippen molar-refractivity contribution in [2.75, 3.05) is 0 Å². The highest BCUT2D eigenvalue weighted by Gasteiger charge is 2.32. The average Bonchev–Trinajstić information content (AvgIpc) is 2.22. The van der Waals surface area contributed by atoms with Gasteiger partial charge in [0.1, 0.15) is 16.7 Å². The molecule has 1 aromatic carbocycles. The molecule has 0 saturated heterocycles. The van der Waals surface area contributed by atoms with Gasteiger partial charge in [-0.15, -0.1) is 0 Å². The van der Waals surface area contributed by atoms with Crippen LogP contribution in [0.4, 0.5) is 0 Å². The van der Waals surface area contributed by atoms with Crippen LogP contribution in [0.3, 0.4) is 0 Å². The zero-order valence-corrected chi connectivity index (χ0v) is 9.76. The number of carbonyl (C=O) groups is 1. The zero-order valence-electron chi connectivity index (χ0n) is 8.25. The minimum Gasteiger partial charge on any atom is -0.505 e. The first kappa shape index (κ1) is 11.4. The molecule has 0 saturated carbocycles. The van der Waals surface area contributed by atoms with E-state index >= 15 is 0 Å². The van der Waals surface area contributed by atoms with Crippen molar-refractivity contribution in [1.82, 2.24) is 0 Å². The summed E-state index contributed by atoms with van der Waals surface area (Å²) in [5, 5.41) is 18.8.